The Morgan fingerprint density at radius 1 is 0.367 bits per heavy atom. The SMILES string of the molecule is O=S(=O)(OS(Cc1ccccc1)(Cc1ccccc1)c1ccc(O)cc1)OS(Cc1ccccc1)(Cc1ccccc1)c1ccc(O)cc1. The summed E-state index contributed by atoms with van der Waals surface area (Å²) in [5, 5.41) is 20.4. The molecule has 0 amide bonds. The number of benzene rings is 6. The number of rotatable bonds is 14. The summed E-state index contributed by atoms with van der Waals surface area (Å²) in [4.78, 5) is 1.31. The molecule has 0 aliphatic carbocycles. The Hall–Kier alpha value is -4.51. The second-order valence-electron chi connectivity index (χ2n) is 11.7. The van der Waals surface area contributed by atoms with Crippen LogP contribution in [0, 0.1) is 0 Å². The van der Waals surface area contributed by atoms with Gasteiger partial charge in [-0.05, 0) is 70.8 Å². The number of phenolic OH excluding ortho intramolecular Hbond substituents is 2. The number of phenols is 2. The minimum absolute atomic E-state index is 0.0668. The zero-order chi connectivity index (χ0) is 34.2. The first kappa shape index (κ1) is 34.4. The van der Waals surface area contributed by atoms with Gasteiger partial charge >= 0.3 is 10.4 Å². The minimum Gasteiger partial charge on any atom is -0.508 e. The summed E-state index contributed by atoms with van der Waals surface area (Å²) in [5.41, 5.74) is 3.62. The number of hydrogen-bond donors (Lipinski definition) is 2. The molecule has 6 rings (SSSR count). The molecule has 252 valence electrons. The summed E-state index contributed by atoms with van der Waals surface area (Å²) in [6.45, 7) is 0. The third-order valence-electron chi connectivity index (χ3n) is 7.93. The Balaban J connectivity index is 1.50. The highest BCUT2D eigenvalue weighted by Gasteiger charge is 2.41. The second-order valence-corrected chi connectivity index (χ2v) is 18.9. The van der Waals surface area contributed by atoms with Gasteiger partial charge in [-0.1, -0.05) is 142 Å². The first-order chi connectivity index (χ1) is 23.7. The van der Waals surface area contributed by atoms with Gasteiger partial charge in [0.25, 0.3) is 0 Å². The Labute approximate surface area is 292 Å². The predicted molar refractivity (Wildman–Crippen MR) is 200 cm³/mol. The molecule has 0 fully saturated rings. The number of aromatic hydroxyl groups is 2. The van der Waals surface area contributed by atoms with Crippen molar-refractivity contribution in [3.63, 3.8) is 0 Å². The van der Waals surface area contributed by atoms with E-state index in [2.05, 4.69) is 0 Å². The van der Waals surface area contributed by atoms with Crippen LogP contribution >= 0.6 is 20.6 Å². The Bertz CT molecular complexity index is 1800. The average molecular weight is 711 g/mol. The summed E-state index contributed by atoms with van der Waals surface area (Å²) in [7, 11) is -10.2. The molecule has 0 saturated heterocycles. The lowest BCUT2D eigenvalue weighted by Crippen LogP contribution is -2.22. The molecule has 0 spiro atoms. The molecule has 0 radical (unpaired) electrons. The van der Waals surface area contributed by atoms with Gasteiger partial charge in [-0.15, -0.1) is 0 Å². The third kappa shape index (κ3) is 8.94. The van der Waals surface area contributed by atoms with Crippen molar-refractivity contribution in [2.24, 2.45) is 0 Å². The summed E-state index contributed by atoms with van der Waals surface area (Å²) in [5.74, 6) is 1.28. The van der Waals surface area contributed by atoms with E-state index in [1.54, 1.807) is 48.5 Å². The van der Waals surface area contributed by atoms with Crippen LogP contribution in [-0.4, -0.2) is 18.6 Å². The van der Waals surface area contributed by atoms with Crippen molar-refractivity contribution in [1.29, 1.82) is 0 Å². The number of hydrogen-bond acceptors (Lipinski definition) is 6. The van der Waals surface area contributed by atoms with E-state index in [9.17, 15) is 18.6 Å². The Kier molecular flexibility index (Phi) is 10.8. The molecule has 0 unspecified atom stereocenters. The molecule has 0 atom stereocenters. The van der Waals surface area contributed by atoms with Crippen LogP contribution < -0.4 is 0 Å². The lowest BCUT2D eigenvalue weighted by molar-refractivity contribution is 0.422. The molecule has 0 aromatic heterocycles. The van der Waals surface area contributed by atoms with Crippen molar-refractivity contribution < 1.29 is 25.9 Å². The van der Waals surface area contributed by atoms with Crippen LogP contribution in [0.15, 0.2) is 180 Å². The van der Waals surface area contributed by atoms with Gasteiger partial charge in [-0.25, -0.2) is 0 Å². The highest BCUT2D eigenvalue weighted by Crippen LogP contribution is 2.67. The van der Waals surface area contributed by atoms with Gasteiger partial charge in [0, 0.05) is 32.8 Å². The lowest BCUT2D eigenvalue weighted by Gasteiger charge is -2.42. The maximum Gasteiger partial charge on any atom is 0.419 e. The topological polar surface area (TPSA) is 93.1 Å². The molecule has 0 aliphatic rings. The maximum absolute atomic E-state index is 14.8. The zero-order valence-electron chi connectivity index (χ0n) is 26.7. The smallest absolute Gasteiger partial charge is 0.419 e. The van der Waals surface area contributed by atoms with Gasteiger partial charge in [0.15, 0.2) is 0 Å². The summed E-state index contributed by atoms with van der Waals surface area (Å²) < 4.78 is 42.7. The summed E-state index contributed by atoms with van der Waals surface area (Å²) >= 11 is 0. The first-order valence-electron chi connectivity index (χ1n) is 15.7. The van der Waals surface area contributed by atoms with E-state index >= 15 is 0 Å². The lowest BCUT2D eigenvalue weighted by atomic mass is 10.2. The Morgan fingerprint density at radius 2 is 0.612 bits per heavy atom. The average Bonchev–Trinajstić information content (AvgIpc) is 3.10. The highest BCUT2D eigenvalue weighted by molar-refractivity contribution is 8.34. The van der Waals surface area contributed by atoms with Crippen molar-refractivity contribution in [3.8, 4) is 11.5 Å². The molecule has 0 saturated carbocycles. The monoisotopic (exact) mass is 710 g/mol. The molecule has 0 aliphatic heterocycles. The van der Waals surface area contributed by atoms with E-state index in [0.29, 0.717) is 9.79 Å². The molecule has 0 bridgehead atoms. The molecule has 49 heavy (non-hydrogen) atoms. The predicted octanol–water partition coefficient (Wildman–Crippen LogP) is 10.0. The molecule has 6 aromatic carbocycles. The van der Waals surface area contributed by atoms with Crippen LogP contribution in [0.4, 0.5) is 0 Å². The molecular formula is C40H38O6S3. The molecule has 2 N–H and O–H groups in total. The van der Waals surface area contributed by atoms with E-state index in [1.165, 1.54) is 0 Å². The fourth-order valence-corrected chi connectivity index (χ4v) is 15.0. The molecule has 6 nitrogen and oxygen atoms in total. The van der Waals surface area contributed by atoms with Crippen molar-refractivity contribution in [1.82, 2.24) is 0 Å². The molecular weight excluding hydrogens is 673 g/mol. The summed E-state index contributed by atoms with van der Waals surface area (Å²) in [6, 6.07) is 51.9. The molecule has 0 heterocycles. The molecule has 6 aromatic rings. The van der Waals surface area contributed by atoms with Gasteiger partial charge in [0.05, 0.1) is 0 Å². The van der Waals surface area contributed by atoms with E-state index in [1.807, 2.05) is 121 Å². The van der Waals surface area contributed by atoms with Crippen LogP contribution in [0.25, 0.3) is 0 Å². The zero-order valence-corrected chi connectivity index (χ0v) is 29.2. The van der Waals surface area contributed by atoms with E-state index in [0.717, 1.165) is 22.3 Å². The van der Waals surface area contributed by atoms with Crippen LogP contribution in [-0.2, 0) is 40.7 Å². The van der Waals surface area contributed by atoms with Crippen molar-refractivity contribution >= 4 is 31.0 Å². The van der Waals surface area contributed by atoms with Crippen LogP contribution in [0.2, 0.25) is 0 Å². The van der Waals surface area contributed by atoms with Crippen molar-refractivity contribution in [2.45, 2.75) is 32.8 Å². The van der Waals surface area contributed by atoms with E-state index in [4.69, 9.17) is 7.26 Å². The highest BCUT2D eigenvalue weighted by atomic mass is 32.4. The van der Waals surface area contributed by atoms with Gasteiger partial charge in [-0.3, -0.25) is 0 Å². The van der Waals surface area contributed by atoms with Gasteiger partial charge < -0.3 is 10.2 Å². The fourth-order valence-electron chi connectivity index (χ4n) is 5.70. The van der Waals surface area contributed by atoms with E-state index in [-0.39, 0.29) is 34.5 Å². The van der Waals surface area contributed by atoms with Crippen LogP contribution in [0.1, 0.15) is 22.3 Å². The van der Waals surface area contributed by atoms with E-state index < -0.39 is 31.0 Å². The van der Waals surface area contributed by atoms with Crippen molar-refractivity contribution in [3.05, 3.63) is 192 Å². The quantitative estimate of drug-likeness (QED) is 0.117. The Morgan fingerprint density at radius 3 is 0.857 bits per heavy atom. The van der Waals surface area contributed by atoms with Gasteiger partial charge in [0.2, 0.25) is 0 Å². The largest absolute Gasteiger partial charge is 0.508 e. The first-order valence-corrected chi connectivity index (χ1v) is 20.8. The fraction of sp³-hybridized carbons (Fsp3) is 0.100. The summed E-state index contributed by atoms with van der Waals surface area (Å²) in [6.07, 6.45) is 0. The van der Waals surface area contributed by atoms with Crippen LogP contribution in [0.3, 0.4) is 0 Å². The van der Waals surface area contributed by atoms with Crippen LogP contribution in [0.5, 0.6) is 11.5 Å². The van der Waals surface area contributed by atoms with Gasteiger partial charge in [0.1, 0.15) is 11.5 Å². The molecule has 9 heteroatoms. The minimum atomic E-state index is -4.74. The van der Waals surface area contributed by atoms with Gasteiger partial charge in [-0.2, -0.15) is 15.7 Å². The maximum atomic E-state index is 14.8. The normalized spacial score (nSPS) is 12.7. The standard InChI is InChI=1S/C40H38O6S3/c41-37-21-25-39(26-22-37)47(29-33-13-5-1-6-14-33,30-34-15-7-2-8-16-34)45-49(43,44)46-48(31-35-17-9-3-10-18-35,32-36-19-11-4-12-20-36)40-27-23-38(42)24-28-40/h1-28,41-42H,29-32H2. The second kappa shape index (κ2) is 15.4. The third-order valence-corrected chi connectivity index (χ3v) is 16.8. The van der Waals surface area contributed by atoms with Crippen molar-refractivity contribution in [2.75, 3.05) is 0 Å².